The number of furan rings is 1. The first-order valence-corrected chi connectivity index (χ1v) is 10.4. The first-order chi connectivity index (χ1) is 13.2. The van der Waals surface area contributed by atoms with Crippen LogP contribution in [0.1, 0.15) is 27.0 Å². The molecule has 8 heteroatoms. The molecular weight excluding hydrogens is 380 g/mol. The highest BCUT2D eigenvalue weighted by Crippen LogP contribution is 2.26. The van der Waals surface area contributed by atoms with Gasteiger partial charge >= 0.3 is 0 Å². The second-order valence-electron chi connectivity index (χ2n) is 6.62. The van der Waals surface area contributed by atoms with Crippen LogP contribution in [0.15, 0.2) is 52.0 Å². The van der Waals surface area contributed by atoms with E-state index in [-0.39, 0.29) is 16.9 Å². The number of amides is 2. The highest BCUT2D eigenvalue weighted by molar-refractivity contribution is 7.90. The van der Waals surface area contributed by atoms with Crippen LogP contribution in [0.2, 0.25) is 0 Å². The minimum atomic E-state index is -3.33. The summed E-state index contributed by atoms with van der Waals surface area (Å²) in [7, 11) is -3.33. The maximum atomic E-state index is 12.2. The molecule has 0 bridgehead atoms. The van der Waals surface area contributed by atoms with Crippen LogP contribution < -0.4 is 10.9 Å². The summed E-state index contributed by atoms with van der Waals surface area (Å²) in [6, 6.07) is 9.32. The van der Waals surface area contributed by atoms with Gasteiger partial charge < -0.3 is 4.42 Å². The molecule has 1 aromatic heterocycles. The maximum Gasteiger partial charge on any atom is 0.269 e. The van der Waals surface area contributed by atoms with Crippen LogP contribution in [0.5, 0.6) is 0 Å². The second kappa shape index (κ2) is 7.47. The topological polar surface area (TPSA) is 105 Å². The molecule has 1 heterocycles. The van der Waals surface area contributed by atoms with Crippen molar-refractivity contribution in [1.29, 1.82) is 0 Å². The van der Waals surface area contributed by atoms with Gasteiger partial charge in [0.1, 0.15) is 5.58 Å². The smallest absolute Gasteiger partial charge is 0.269 e. The molecule has 0 saturated heterocycles. The standard InChI is InChI=1S/C20H20N2O5S/c1-12-4-9-17-15(11-27-19(17)13(12)2)10-18(23)21-22-20(24)14-5-7-16(8-6-14)28(3,25)26/h4-9,11H,10H2,1-3H3,(H,21,23)(H,22,24). The summed E-state index contributed by atoms with van der Waals surface area (Å²) in [6.45, 7) is 3.95. The third kappa shape index (κ3) is 4.07. The van der Waals surface area contributed by atoms with E-state index in [1.807, 2.05) is 26.0 Å². The van der Waals surface area contributed by atoms with E-state index in [0.29, 0.717) is 0 Å². The zero-order valence-electron chi connectivity index (χ0n) is 15.7. The van der Waals surface area contributed by atoms with Gasteiger partial charge in [0.05, 0.1) is 17.6 Å². The van der Waals surface area contributed by atoms with Crippen molar-refractivity contribution in [3.05, 3.63) is 64.9 Å². The molecule has 146 valence electrons. The lowest BCUT2D eigenvalue weighted by molar-refractivity contribution is -0.121. The molecule has 7 nitrogen and oxygen atoms in total. The van der Waals surface area contributed by atoms with Gasteiger partial charge in [0.15, 0.2) is 9.84 Å². The van der Waals surface area contributed by atoms with Crippen molar-refractivity contribution in [2.24, 2.45) is 0 Å². The molecule has 2 N–H and O–H groups in total. The van der Waals surface area contributed by atoms with Crippen LogP contribution in [0.25, 0.3) is 11.0 Å². The Morgan fingerprint density at radius 3 is 2.32 bits per heavy atom. The highest BCUT2D eigenvalue weighted by atomic mass is 32.2. The van der Waals surface area contributed by atoms with Crippen molar-refractivity contribution < 1.29 is 22.4 Å². The molecule has 3 aromatic rings. The Morgan fingerprint density at radius 1 is 1.00 bits per heavy atom. The summed E-state index contributed by atoms with van der Waals surface area (Å²) in [5.41, 5.74) is 8.50. The lowest BCUT2D eigenvalue weighted by Gasteiger charge is -2.07. The number of fused-ring (bicyclic) bond motifs is 1. The first-order valence-electron chi connectivity index (χ1n) is 8.52. The fraction of sp³-hybridized carbons (Fsp3) is 0.200. The quantitative estimate of drug-likeness (QED) is 0.655. The van der Waals surface area contributed by atoms with E-state index in [9.17, 15) is 18.0 Å². The molecule has 0 unspecified atom stereocenters. The van der Waals surface area contributed by atoms with Gasteiger partial charge in [0.25, 0.3) is 5.91 Å². The fourth-order valence-electron chi connectivity index (χ4n) is 2.79. The maximum absolute atomic E-state index is 12.2. The van der Waals surface area contributed by atoms with Crippen LogP contribution in [0, 0.1) is 13.8 Å². The summed E-state index contributed by atoms with van der Waals surface area (Å²) in [5, 5.41) is 0.862. The minimum absolute atomic E-state index is 0.0444. The Hall–Kier alpha value is -3.13. The zero-order valence-corrected chi connectivity index (χ0v) is 16.5. The molecule has 3 rings (SSSR count). The third-order valence-electron chi connectivity index (χ3n) is 4.55. The number of hydrogen-bond acceptors (Lipinski definition) is 5. The van der Waals surface area contributed by atoms with E-state index in [4.69, 9.17) is 4.42 Å². The molecule has 0 aliphatic carbocycles. The van der Waals surface area contributed by atoms with Crippen LogP contribution in [-0.2, 0) is 21.1 Å². The molecule has 0 saturated carbocycles. The van der Waals surface area contributed by atoms with Gasteiger partial charge in [-0.05, 0) is 49.2 Å². The van der Waals surface area contributed by atoms with Crippen molar-refractivity contribution in [2.75, 3.05) is 6.26 Å². The normalized spacial score (nSPS) is 11.4. The van der Waals surface area contributed by atoms with Crippen LogP contribution >= 0.6 is 0 Å². The molecular formula is C20H20N2O5S. The zero-order chi connectivity index (χ0) is 20.5. The van der Waals surface area contributed by atoms with E-state index in [0.717, 1.165) is 33.9 Å². The minimum Gasteiger partial charge on any atom is -0.464 e. The van der Waals surface area contributed by atoms with E-state index < -0.39 is 21.7 Å². The molecule has 2 amide bonds. The predicted molar refractivity (Wildman–Crippen MR) is 105 cm³/mol. The number of hydrazine groups is 1. The summed E-state index contributed by atoms with van der Waals surface area (Å²) in [4.78, 5) is 24.4. The first kappa shape index (κ1) is 19.6. The fourth-order valence-corrected chi connectivity index (χ4v) is 3.43. The Morgan fingerprint density at radius 2 is 1.68 bits per heavy atom. The molecule has 2 aromatic carbocycles. The van der Waals surface area contributed by atoms with Crippen LogP contribution in [0.4, 0.5) is 0 Å². The summed E-state index contributed by atoms with van der Waals surface area (Å²) in [6.07, 6.45) is 2.68. The Labute approximate surface area is 162 Å². The van der Waals surface area contributed by atoms with Gasteiger partial charge in [-0.2, -0.15) is 0 Å². The molecule has 0 atom stereocenters. The Balaban J connectivity index is 1.63. The Bertz CT molecular complexity index is 1160. The number of nitrogens with one attached hydrogen (secondary N) is 2. The van der Waals surface area contributed by atoms with Crippen LogP contribution in [0.3, 0.4) is 0 Å². The van der Waals surface area contributed by atoms with Gasteiger partial charge in [0, 0.05) is 22.8 Å². The van der Waals surface area contributed by atoms with E-state index >= 15 is 0 Å². The molecule has 0 aliphatic heterocycles. The van der Waals surface area contributed by atoms with Crippen molar-refractivity contribution in [2.45, 2.75) is 25.2 Å². The molecule has 0 spiro atoms. The third-order valence-corrected chi connectivity index (χ3v) is 5.68. The van der Waals surface area contributed by atoms with Crippen molar-refractivity contribution in [3.8, 4) is 0 Å². The number of hydrogen-bond donors (Lipinski definition) is 2. The van der Waals surface area contributed by atoms with Crippen molar-refractivity contribution >= 4 is 32.6 Å². The van der Waals surface area contributed by atoms with Gasteiger partial charge in [0.2, 0.25) is 5.91 Å². The molecule has 28 heavy (non-hydrogen) atoms. The highest BCUT2D eigenvalue weighted by Gasteiger charge is 2.14. The second-order valence-corrected chi connectivity index (χ2v) is 8.64. The molecule has 0 aliphatic rings. The molecule has 0 fully saturated rings. The van der Waals surface area contributed by atoms with Gasteiger partial charge in [-0.15, -0.1) is 0 Å². The van der Waals surface area contributed by atoms with Gasteiger partial charge in [-0.25, -0.2) is 8.42 Å². The van der Waals surface area contributed by atoms with E-state index in [2.05, 4.69) is 10.9 Å². The predicted octanol–water partition coefficient (Wildman–Crippen LogP) is 2.46. The Kier molecular flexibility index (Phi) is 5.24. The average molecular weight is 400 g/mol. The lowest BCUT2D eigenvalue weighted by atomic mass is 10.0. The van der Waals surface area contributed by atoms with Crippen molar-refractivity contribution in [1.82, 2.24) is 10.9 Å². The van der Waals surface area contributed by atoms with E-state index in [1.54, 1.807) is 6.26 Å². The lowest BCUT2D eigenvalue weighted by Crippen LogP contribution is -2.42. The molecule has 0 radical (unpaired) electrons. The van der Waals surface area contributed by atoms with Crippen LogP contribution in [-0.4, -0.2) is 26.5 Å². The number of sulfone groups is 1. The number of aryl methyl sites for hydroxylation is 2. The summed E-state index contributed by atoms with van der Waals surface area (Å²) >= 11 is 0. The summed E-state index contributed by atoms with van der Waals surface area (Å²) in [5.74, 6) is -0.945. The largest absolute Gasteiger partial charge is 0.464 e. The van der Waals surface area contributed by atoms with Crippen molar-refractivity contribution in [3.63, 3.8) is 0 Å². The number of carbonyl (C=O) groups is 2. The number of benzene rings is 2. The van der Waals surface area contributed by atoms with Gasteiger partial charge in [-0.3, -0.25) is 20.4 Å². The monoisotopic (exact) mass is 400 g/mol. The van der Waals surface area contributed by atoms with E-state index in [1.165, 1.54) is 24.3 Å². The SMILES string of the molecule is Cc1ccc2c(CC(=O)NNC(=O)c3ccc(S(C)(=O)=O)cc3)coc2c1C. The number of carbonyl (C=O) groups excluding carboxylic acids is 2. The number of rotatable bonds is 4. The average Bonchev–Trinajstić information content (AvgIpc) is 3.05. The summed E-state index contributed by atoms with van der Waals surface area (Å²) < 4.78 is 28.5. The van der Waals surface area contributed by atoms with Gasteiger partial charge in [-0.1, -0.05) is 12.1 Å².